The highest BCUT2D eigenvalue weighted by Crippen LogP contribution is 2.26. The Labute approximate surface area is 101 Å². The molecule has 0 unspecified atom stereocenters. The summed E-state index contributed by atoms with van der Waals surface area (Å²) in [5, 5.41) is 3.32. The summed E-state index contributed by atoms with van der Waals surface area (Å²) in [6.45, 7) is 0. The summed E-state index contributed by atoms with van der Waals surface area (Å²) in [7, 11) is -2.10. The third-order valence-corrected chi connectivity index (χ3v) is 4.53. The predicted molar refractivity (Wildman–Crippen MR) is 68.4 cm³/mol. The van der Waals surface area contributed by atoms with E-state index < -0.39 is 10.0 Å². The zero-order valence-electron chi connectivity index (χ0n) is 9.73. The van der Waals surface area contributed by atoms with Crippen LogP contribution >= 0.6 is 0 Å². The molecule has 1 aliphatic rings. The van der Waals surface area contributed by atoms with Crippen LogP contribution in [0.2, 0.25) is 0 Å². The molecule has 0 radical (unpaired) electrons. The number of nitrogen functional groups attached to an aromatic ring is 1. The molecule has 0 atom stereocenters. The molecule has 0 spiro atoms. The average Bonchev–Trinajstić information content (AvgIpc) is 2.23. The van der Waals surface area contributed by atoms with E-state index >= 15 is 0 Å². The molecule has 0 amide bonds. The maximum atomic E-state index is 11.6. The van der Waals surface area contributed by atoms with Gasteiger partial charge in [-0.2, -0.15) is 0 Å². The highest BCUT2D eigenvalue weighted by Gasteiger charge is 2.19. The van der Waals surface area contributed by atoms with Crippen LogP contribution in [-0.4, -0.2) is 21.5 Å². The number of nitrogens with one attached hydrogen (secondary N) is 2. The second kappa shape index (κ2) is 4.54. The maximum Gasteiger partial charge on any atom is 0.242 e. The van der Waals surface area contributed by atoms with E-state index in [-0.39, 0.29) is 10.6 Å². The molecule has 2 rings (SSSR count). The van der Waals surface area contributed by atoms with E-state index in [1.54, 1.807) is 12.1 Å². The summed E-state index contributed by atoms with van der Waals surface area (Å²) >= 11 is 0. The summed E-state index contributed by atoms with van der Waals surface area (Å²) in [6.07, 6.45) is 3.58. The fourth-order valence-corrected chi connectivity index (χ4v) is 2.62. The fraction of sp³-hybridized carbons (Fsp3) is 0.455. The quantitative estimate of drug-likeness (QED) is 0.704. The number of hydrogen-bond donors (Lipinski definition) is 3. The number of anilines is 2. The van der Waals surface area contributed by atoms with Gasteiger partial charge in [-0.05, 0) is 44.5 Å². The number of rotatable bonds is 4. The largest absolute Gasteiger partial charge is 0.398 e. The van der Waals surface area contributed by atoms with Crippen molar-refractivity contribution in [2.45, 2.75) is 30.2 Å². The first kappa shape index (κ1) is 12.2. The third-order valence-electron chi connectivity index (χ3n) is 3.04. The number of benzene rings is 1. The SMILES string of the molecule is CNS(=O)(=O)c1ccc(NC2CCC2)cc1N. The Morgan fingerprint density at radius 1 is 1.35 bits per heavy atom. The van der Waals surface area contributed by atoms with Crippen LogP contribution in [0.25, 0.3) is 0 Å². The van der Waals surface area contributed by atoms with Crippen molar-refractivity contribution in [3.63, 3.8) is 0 Å². The van der Waals surface area contributed by atoms with Crippen molar-refractivity contribution in [2.75, 3.05) is 18.1 Å². The van der Waals surface area contributed by atoms with E-state index in [1.807, 2.05) is 0 Å². The molecule has 0 saturated heterocycles. The van der Waals surface area contributed by atoms with Crippen LogP contribution in [0, 0.1) is 0 Å². The van der Waals surface area contributed by atoms with Crippen LogP contribution in [-0.2, 0) is 10.0 Å². The van der Waals surface area contributed by atoms with Gasteiger partial charge in [-0.15, -0.1) is 0 Å². The Hall–Kier alpha value is -1.27. The summed E-state index contributed by atoms with van der Waals surface area (Å²) < 4.78 is 25.5. The van der Waals surface area contributed by atoms with Crippen molar-refractivity contribution in [3.05, 3.63) is 18.2 Å². The minimum absolute atomic E-state index is 0.124. The van der Waals surface area contributed by atoms with Gasteiger partial charge < -0.3 is 11.1 Å². The van der Waals surface area contributed by atoms with Crippen LogP contribution in [0.1, 0.15) is 19.3 Å². The van der Waals surface area contributed by atoms with E-state index in [0.29, 0.717) is 6.04 Å². The highest BCUT2D eigenvalue weighted by atomic mass is 32.2. The molecule has 0 aliphatic heterocycles. The average molecular weight is 255 g/mol. The van der Waals surface area contributed by atoms with Crippen molar-refractivity contribution in [1.29, 1.82) is 0 Å². The summed E-state index contributed by atoms with van der Waals surface area (Å²) in [4.78, 5) is 0.124. The van der Waals surface area contributed by atoms with Gasteiger partial charge in [0.25, 0.3) is 0 Å². The van der Waals surface area contributed by atoms with Crippen molar-refractivity contribution < 1.29 is 8.42 Å². The Morgan fingerprint density at radius 2 is 2.06 bits per heavy atom. The van der Waals surface area contributed by atoms with Crippen LogP contribution in [0.5, 0.6) is 0 Å². The lowest BCUT2D eigenvalue weighted by Crippen LogP contribution is -2.27. The van der Waals surface area contributed by atoms with Gasteiger partial charge in [0.05, 0.1) is 5.69 Å². The first-order valence-electron chi connectivity index (χ1n) is 5.62. The summed E-state index contributed by atoms with van der Waals surface area (Å²) in [5.74, 6) is 0. The normalized spacial score (nSPS) is 16.5. The topological polar surface area (TPSA) is 84.2 Å². The second-order valence-corrected chi connectivity index (χ2v) is 6.09. The number of hydrogen-bond acceptors (Lipinski definition) is 4. The molecule has 0 bridgehead atoms. The first-order valence-corrected chi connectivity index (χ1v) is 7.11. The molecule has 1 saturated carbocycles. The van der Waals surface area contributed by atoms with Gasteiger partial charge in [-0.1, -0.05) is 0 Å². The first-order chi connectivity index (χ1) is 8.03. The van der Waals surface area contributed by atoms with Crippen LogP contribution in [0.15, 0.2) is 23.1 Å². The lowest BCUT2D eigenvalue weighted by atomic mass is 9.93. The van der Waals surface area contributed by atoms with Gasteiger partial charge in [-0.25, -0.2) is 13.1 Å². The van der Waals surface area contributed by atoms with Crippen LogP contribution in [0.3, 0.4) is 0 Å². The monoisotopic (exact) mass is 255 g/mol. The molecule has 4 N–H and O–H groups in total. The maximum absolute atomic E-state index is 11.6. The Bertz CT molecular complexity index is 509. The minimum atomic E-state index is -3.47. The molecule has 1 aromatic carbocycles. The second-order valence-electron chi connectivity index (χ2n) is 4.23. The number of sulfonamides is 1. The molecule has 5 nitrogen and oxygen atoms in total. The van der Waals surface area contributed by atoms with Gasteiger partial charge in [0.15, 0.2) is 0 Å². The molecule has 1 fully saturated rings. The smallest absolute Gasteiger partial charge is 0.242 e. The lowest BCUT2D eigenvalue weighted by Gasteiger charge is -2.27. The van der Waals surface area contributed by atoms with Gasteiger partial charge in [0.1, 0.15) is 4.90 Å². The third kappa shape index (κ3) is 2.53. The molecule has 17 heavy (non-hydrogen) atoms. The van der Waals surface area contributed by atoms with Crippen molar-refractivity contribution in [1.82, 2.24) is 4.72 Å². The molecule has 1 aromatic rings. The van der Waals surface area contributed by atoms with Crippen molar-refractivity contribution >= 4 is 21.4 Å². The zero-order chi connectivity index (χ0) is 12.5. The van der Waals surface area contributed by atoms with Gasteiger partial charge in [0.2, 0.25) is 10.0 Å². The van der Waals surface area contributed by atoms with Gasteiger partial charge in [-0.3, -0.25) is 0 Å². The van der Waals surface area contributed by atoms with Crippen molar-refractivity contribution in [2.24, 2.45) is 0 Å². The Balaban J connectivity index is 2.22. The van der Waals surface area contributed by atoms with Gasteiger partial charge in [0, 0.05) is 11.7 Å². The van der Waals surface area contributed by atoms with E-state index in [4.69, 9.17) is 5.73 Å². The van der Waals surface area contributed by atoms with Crippen LogP contribution in [0.4, 0.5) is 11.4 Å². The summed E-state index contributed by atoms with van der Waals surface area (Å²) in [6, 6.07) is 5.45. The minimum Gasteiger partial charge on any atom is -0.398 e. The fourth-order valence-electron chi connectivity index (χ4n) is 1.78. The zero-order valence-corrected chi connectivity index (χ0v) is 10.5. The summed E-state index contributed by atoms with van der Waals surface area (Å²) in [5.41, 5.74) is 6.90. The molecular weight excluding hydrogens is 238 g/mol. The molecule has 94 valence electrons. The molecule has 1 aliphatic carbocycles. The van der Waals surface area contributed by atoms with E-state index in [0.717, 1.165) is 18.5 Å². The molecule has 0 aromatic heterocycles. The molecule has 6 heteroatoms. The van der Waals surface area contributed by atoms with Crippen LogP contribution < -0.4 is 15.8 Å². The van der Waals surface area contributed by atoms with E-state index in [1.165, 1.54) is 19.5 Å². The highest BCUT2D eigenvalue weighted by molar-refractivity contribution is 7.89. The molecule has 0 heterocycles. The Morgan fingerprint density at radius 3 is 2.53 bits per heavy atom. The number of nitrogens with two attached hydrogens (primary N) is 1. The van der Waals surface area contributed by atoms with E-state index in [9.17, 15) is 8.42 Å². The lowest BCUT2D eigenvalue weighted by molar-refractivity contribution is 0.445. The standard InChI is InChI=1S/C11H17N3O2S/c1-13-17(15,16)11-6-5-9(7-10(11)12)14-8-3-2-4-8/h5-8,13-14H,2-4,12H2,1H3. The Kier molecular flexibility index (Phi) is 3.26. The predicted octanol–water partition coefficient (Wildman–Crippen LogP) is 1.14. The molecular formula is C11H17N3O2S. The van der Waals surface area contributed by atoms with Crippen molar-refractivity contribution in [3.8, 4) is 0 Å². The van der Waals surface area contributed by atoms with Gasteiger partial charge >= 0.3 is 0 Å². The van der Waals surface area contributed by atoms with E-state index in [2.05, 4.69) is 10.0 Å².